The van der Waals surface area contributed by atoms with Gasteiger partial charge in [0.05, 0.1) is 24.7 Å². The normalized spacial score (nSPS) is 10.9. The fraction of sp³-hybridized carbons (Fsp3) is 0.182. The molecule has 29 heavy (non-hydrogen) atoms. The Morgan fingerprint density at radius 2 is 1.86 bits per heavy atom. The van der Waals surface area contributed by atoms with Crippen molar-refractivity contribution in [3.8, 4) is 17.1 Å². The minimum atomic E-state index is -0.173. The minimum Gasteiger partial charge on any atom is -0.497 e. The number of aromatic nitrogens is 4. The molecule has 0 atom stereocenters. The van der Waals surface area contributed by atoms with Gasteiger partial charge in [0, 0.05) is 16.6 Å². The highest BCUT2D eigenvalue weighted by molar-refractivity contribution is 6.06. The number of carbonyl (C=O) groups is 1. The lowest BCUT2D eigenvalue weighted by molar-refractivity contribution is 0.0951. The maximum atomic E-state index is 12.8. The quantitative estimate of drug-likeness (QED) is 0.546. The molecule has 2 heterocycles. The molecular weight excluding hydrogens is 366 g/mol. The van der Waals surface area contributed by atoms with Crippen LogP contribution < -0.4 is 10.1 Å². The number of methoxy groups -OCH3 is 1. The van der Waals surface area contributed by atoms with E-state index in [1.54, 1.807) is 13.2 Å². The molecule has 0 aliphatic rings. The molecule has 0 spiro atoms. The van der Waals surface area contributed by atoms with E-state index in [4.69, 9.17) is 4.74 Å². The first-order valence-corrected chi connectivity index (χ1v) is 9.25. The molecule has 7 nitrogen and oxygen atoms in total. The van der Waals surface area contributed by atoms with Crippen LogP contribution in [0.2, 0.25) is 0 Å². The zero-order chi connectivity index (χ0) is 20.4. The summed E-state index contributed by atoms with van der Waals surface area (Å²) in [7, 11) is 1.62. The average Bonchev–Trinajstić information content (AvgIpc) is 3.21. The van der Waals surface area contributed by atoms with Crippen LogP contribution in [-0.2, 0) is 6.54 Å². The van der Waals surface area contributed by atoms with Crippen LogP contribution in [0.1, 0.15) is 27.4 Å². The largest absolute Gasteiger partial charge is 0.497 e. The number of hydrogen-bond donors (Lipinski definition) is 2. The van der Waals surface area contributed by atoms with Gasteiger partial charge in [-0.05, 0) is 56.3 Å². The molecule has 2 aromatic heterocycles. The summed E-state index contributed by atoms with van der Waals surface area (Å²) < 4.78 is 5.16. The average molecular weight is 387 g/mol. The van der Waals surface area contributed by atoms with Gasteiger partial charge < -0.3 is 10.1 Å². The second-order valence-electron chi connectivity index (χ2n) is 6.85. The van der Waals surface area contributed by atoms with Crippen LogP contribution in [0.25, 0.3) is 22.3 Å². The lowest BCUT2D eigenvalue weighted by Crippen LogP contribution is -2.24. The van der Waals surface area contributed by atoms with Gasteiger partial charge in [-0.2, -0.15) is 5.10 Å². The molecule has 4 rings (SSSR count). The number of hydrogen-bond acceptors (Lipinski definition) is 5. The Morgan fingerprint density at radius 1 is 1.07 bits per heavy atom. The van der Waals surface area contributed by atoms with E-state index < -0.39 is 0 Å². The third kappa shape index (κ3) is 3.94. The molecule has 0 aliphatic carbocycles. The number of ether oxygens (including phenoxy) is 1. The molecule has 2 aromatic carbocycles. The van der Waals surface area contributed by atoms with Crippen LogP contribution in [0.3, 0.4) is 0 Å². The summed E-state index contributed by atoms with van der Waals surface area (Å²) in [6, 6.07) is 15.2. The van der Waals surface area contributed by atoms with Crippen LogP contribution in [0, 0.1) is 13.8 Å². The van der Waals surface area contributed by atoms with Crippen molar-refractivity contribution in [1.82, 2.24) is 25.5 Å². The Hall–Kier alpha value is -3.74. The predicted molar refractivity (Wildman–Crippen MR) is 111 cm³/mol. The Bertz CT molecular complexity index is 1180. The van der Waals surface area contributed by atoms with Crippen molar-refractivity contribution in [3.63, 3.8) is 0 Å². The molecule has 0 fully saturated rings. The van der Waals surface area contributed by atoms with E-state index >= 15 is 0 Å². The fourth-order valence-electron chi connectivity index (χ4n) is 3.16. The van der Waals surface area contributed by atoms with Gasteiger partial charge in [0.2, 0.25) is 0 Å². The number of pyridine rings is 1. The molecule has 146 valence electrons. The highest BCUT2D eigenvalue weighted by atomic mass is 16.5. The van der Waals surface area contributed by atoms with Gasteiger partial charge in [-0.3, -0.25) is 14.9 Å². The molecule has 0 saturated heterocycles. The summed E-state index contributed by atoms with van der Waals surface area (Å²) in [5, 5.41) is 10.9. The van der Waals surface area contributed by atoms with Gasteiger partial charge in [-0.1, -0.05) is 11.6 Å². The standard InChI is InChI=1S/C22H21N5O2/c1-13-4-9-19-17(10-13)18(11-14(2)24-19)22(28)23-12-20-25-21(27-26-20)15-5-7-16(29-3)8-6-15/h4-11H,12H2,1-3H3,(H,23,28)(H,25,26,27). The maximum Gasteiger partial charge on any atom is 0.252 e. The van der Waals surface area contributed by atoms with E-state index in [-0.39, 0.29) is 12.5 Å². The summed E-state index contributed by atoms with van der Waals surface area (Å²) in [6.45, 7) is 4.13. The van der Waals surface area contributed by atoms with Gasteiger partial charge >= 0.3 is 0 Å². The van der Waals surface area contributed by atoms with Gasteiger partial charge in [0.15, 0.2) is 5.82 Å². The minimum absolute atomic E-state index is 0.173. The lowest BCUT2D eigenvalue weighted by Gasteiger charge is -2.09. The number of fused-ring (bicyclic) bond motifs is 1. The first-order valence-electron chi connectivity index (χ1n) is 9.25. The molecule has 0 saturated carbocycles. The molecule has 2 N–H and O–H groups in total. The number of aryl methyl sites for hydroxylation is 2. The monoisotopic (exact) mass is 387 g/mol. The highest BCUT2D eigenvalue weighted by Gasteiger charge is 2.13. The molecular formula is C22H21N5O2. The highest BCUT2D eigenvalue weighted by Crippen LogP contribution is 2.21. The molecule has 7 heteroatoms. The van der Waals surface area contributed by atoms with Crippen LogP contribution in [0.15, 0.2) is 48.5 Å². The number of carbonyl (C=O) groups excluding carboxylic acids is 1. The summed E-state index contributed by atoms with van der Waals surface area (Å²) in [4.78, 5) is 21.8. The third-order valence-corrected chi connectivity index (χ3v) is 4.63. The van der Waals surface area contributed by atoms with Gasteiger partial charge in [0.1, 0.15) is 11.6 Å². The third-order valence-electron chi connectivity index (χ3n) is 4.63. The lowest BCUT2D eigenvalue weighted by atomic mass is 10.0. The second-order valence-corrected chi connectivity index (χ2v) is 6.85. The molecule has 1 amide bonds. The molecule has 4 aromatic rings. The van der Waals surface area contributed by atoms with Gasteiger partial charge in [-0.15, -0.1) is 0 Å². The number of amides is 1. The molecule has 0 unspecified atom stereocenters. The number of nitrogens with one attached hydrogen (secondary N) is 2. The van der Waals surface area contributed by atoms with Crippen LogP contribution >= 0.6 is 0 Å². The number of H-pyrrole nitrogens is 1. The molecule has 0 radical (unpaired) electrons. The zero-order valence-corrected chi connectivity index (χ0v) is 16.5. The summed E-state index contributed by atoms with van der Waals surface area (Å²) >= 11 is 0. The van der Waals surface area contributed by atoms with Gasteiger partial charge in [-0.25, -0.2) is 4.98 Å². The first kappa shape index (κ1) is 18.6. The number of nitrogens with zero attached hydrogens (tertiary/aromatic N) is 3. The van der Waals surface area contributed by atoms with E-state index in [1.807, 2.05) is 56.3 Å². The van der Waals surface area contributed by atoms with Gasteiger partial charge in [0.25, 0.3) is 5.91 Å². The molecule has 0 bridgehead atoms. The van der Waals surface area contributed by atoms with Crippen LogP contribution in [0.5, 0.6) is 5.75 Å². The van der Waals surface area contributed by atoms with Crippen molar-refractivity contribution in [2.45, 2.75) is 20.4 Å². The maximum absolute atomic E-state index is 12.8. The number of aromatic amines is 1. The van der Waals surface area contributed by atoms with Crippen molar-refractivity contribution >= 4 is 16.8 Å². The Balaban J connectivity index is 1.51. The van der Waals surface area contributed by atoms with E-state index in [2.05, 4.69) is 25.5 Å². The van der Waals surface area contributed by atoms with Crippen LogP contribution in [0.4, 0.5) is 0 Å². The number of benzene rings is 2. The topological polar surface area (TPSA) is 92.8 Å². The van der Waals surface area contributed by atoms with Crippen molar-refractivity contribution in [1.29, 1.82) is 0 Å². The SMILES string of the molecule is COc1ccc(-c2n[nH]c(CNC(=O)c3cc(C)nc4ccc(C)cc34)n2)cc1. The Kier molecular flexibility index (Phi) is 4.95. The van der Waals surface area contributed by atoms with E-state index in [9.17, 15) is 4.79 Å². The summed E-state index contributed by atoms with van der Waals surface area (Å²) in [6.07, 6.45) is 0. The fourth-order valence-corrected chi connectivity index (χ4v) is 3.16. The summed E-state index contributed by atoms with van der Waals surface area (Å²) in [5.74, 6) is 1.74. The smallest absolute Gasteiger partial charge is 0.252 e. The molecule has 0 aliphatic heterocycles. The van der Waals surface area contributed by atoms with Crippen molar-refractivity contribution in [2.24, 2.45) is 0 Å². The number of rotatable bonds is 5. The van der Waals surface area contributed by atoms with E-state index in [0.717, 1.165) is 33.5 Å². The van der Waals surface area contributed by atoms with Crippen LogP contribution in [-0.4, -0.2) is 33.2 Å². The zero-order valence-electron chi connectivity index (χ0n) is 16.5. The van der Waals surface area contributed by atoms with Crippen molar-refractivity contribution in [3.05, 3.63) is 71.2 Å². The Morgan fingerprint density at radius 3 is 2.62 bits per heavy atom. The van der Waals surface area contributed by atoms with E-state index in [1.165, 1.54) is 0 Å². The van der Waals surface area contributed by atoms with Crippen molar-refractivity contribution in [2.75, 3.05) is 7.11 Å². The second kappa shape index (κ2) is 7.71. The van der Waals surface area contributed by atoms with E-state index in [0.29, 0.717) is 17.2 Å². The predicted octanol–water partition coefficient (Wildman–Crippen LogP) is 3.58. The first-order chi connectivity index (χ1) is 14.0. The van der Waals surface area contributed by atoms with Crippen molar-refractivity contribution < 1.29 is 9.53 Å². The summed E-state index contributed by atoms with van der Waals surface area (Å²) in [5.41, 5.74) is 4.16. The Labute approximate surface area is 168 Å².